The van der Waals surface area contributed by atoms with Crippen LogP contribution in [0.3, 0.4) is 0 Å². The standard InChI is InChI=1S/C23H40O4/c1-6-7-8-9-10-11-12-13-14-15-16-17-18-21(26-22(24)19(2)3)27-23(25)20(4)5/h21H,2,4,6-18H2,1,3,5H3. The monoisotopic (exact) mass is 380 g/mol. The number of esters is 2. The minimum Gasteiger partial charge on any atom is -0.422 e. The van der Waals surface area contributed by atoms with Crippen LogP contribution in [0.4, 0.5) is 0 Å². The molecular formula is C23H40O4. The molecule has 0 fully saturated rings. The summed E-state index contributed by atoms with van der Waals surface area (Å²) in [6.45, 7) is 12.5. The molecule has 0 aromatic rings. The predicted molar refractivity (Wildman–Crippen MR) is 111 cm³/mol. The van der Waals surface area contributed by atoms with Crippen LogP contribution in [-0.2, 0) is 19.1 Å². The quantitative estimate of drug-likeness (QED) is 0.123. The fourth-order valence-electron chi connectivity index (χ4n) is 2.73. The largest absolute Gasteiger partial charge is 0.422 e. The average molecular weight is 381 g/mol. The van der Waals surface area contributed by atoms with Crippen LogP contribution in [0.2, 0.25) is 0 Å². The van der Waals surface area contributed by atoms with Crippen LogP contribution in [0.1, 0.15) is 104 Å². The van der Waals surface area contributed by atoms with Crippen molar-refractivity contribution in [3.05, 3.63) is 24.3 Å². The van der Waals surface area contributed by atoms with E-state index >= 15 is 0 Å². The minimum absolute atomic E-state index is 0.293. The summed E-state index contributed by atoms with van der Waals surface area (Å²) in [5.74, 6) is -1.07. The third kappa shape index (κ3) is 15.2. The fourth-order valence-corrected chi connectivity index (χ4v) is 2.73. The Morgan fingerprint density at radius 1 is 0.667 bits per heavy atom. The SMILES string of the molecule is C=C(C)C(=O)OC(CCCCCCCCCCCCCC)OC(=O)C(=C)C. The Kier molecular flexibility index (Phi) is 15.6. The van der Waals surface area contributed by atoms with E-state index in [1.54, 1.807) is 13.8 Å². The number of unbranched alkanes of at least 4 members (excludes halogenated alkanes) is 11. The van der Waals surface area contributed by atoms with Gasteiger partial charge in [-0.1, -0.05) is 90.7 Å². The molecule has 156 valence electrons. The lowest BCUT2D eigenvalue weighted by molar-refractivity contribution is -0.183. The van der Waals surface area contributed by atoms with Crippen molar-refractivity contribution in [3.63, 3.8) is 0 Å². The van der Waals surface area contributed by atoms with Gasteiger partial charge in [0, 0.05) is 17.6 Å². The van der Waals surface area contributed by atoms with E-state index in [9.17, 15) is 9.59 Å². The summed E-state index contributed by atoms with van der Waals surface area (Å²) in [6, 6.07) is 0. The first-order valence-corrected chi connectivity index (χ1v) is 10.6. The van der Waals surface area contributed by atoms with Crippen molar-refractivity contribution in [3.8, 4) is 0 Å². The zero-order chi connectivity index (χ0) is 20.5. The summed E-state index contributed by atoms with van der Waals surface area (Å²) in [4.78, 5) is 23.4. The molecule has 0 aliphatic carbocycles. The zero-order valence-electron chi connectivity index (χ0n) is 17.8. The van der Waals surface area contributed by atoms with Gasteiger partial charge in [0.2, 0.25) is 6.29 Å². The van der Waals surface area contributed by atoms with E-state index in [0.717, 1.165) is 19.3 Å². The molecule has 0 rings (SSSR count). The summed E-state index contributed by atoms with van der Waals surface area (Å²) in [5.41, 5.74) is 0.585. The summed E-state index contributed by atoms with van der Waals surface area (Å²) in [5, 5.41) is 0. The third-order valence-electron chi connectivity index (χ3n) is 4.47. The van der Waals surface area contributed by atoms with Gasteiger partial charge in [-0.05, 0) is 20.3 Å². The minimum atomic E-state index is -0.860. The lowest BCUT2D eigenvalue weighted by Gasteiger charge is -2.18. The predicted octanol–water partition coefficient (Wildman–Crippen LogP) is 6.64. The van der Waals surface area contributed by atoms with Crippen LogP contribution in [0.25, 0.3) is 0 Å². The van der Waals surface area contributed by atoms with Gasteiger partial charge in [0.1, 0.15) is 0 Å². The van der Waals surface area contributed by atoms with Crippen molar-refractivity contribution in [1.82, 2.24) is 0 Å². The van der Waals surface area contributed by atoms with Gasteiger partial charge in [-0.15, -0.1) is 0 Å². The molecule has 4 nitrogen and oxygen atoms in total. The Hall–Kier alpha value is -1.58. The van der Waals surface area contributed by atoms with Crippen molar-refractivity contribution >= 4 is 11.9 Å². The Balaban J connectivity index is 3.86. The number of carbonyl (C=O) groups excluding carboxylic acids is 2. The highest BCUT2D eigenvalue weighted by molar-refractivity contribution is 5.88. The van der Waals surface area contributed by atoms with Gasteiger partial charge in [0.05, 0.1) is 0 Å². The van der Waals surface area contributed by atoms with Gasteiger partial charge in [0.15, 0.2) is 0 Å². The van der Waals surface area contributed by atoms with Crippen molar-refractivity contribution in [2.45, 2.75) is 111 Å². The van der Waals surface area contributed by atoms with Crippen LogP contribution in [0.5, 0.6) is 0 Å². The molecule has 0 aromatic heterocycles. The van der Waals surface area contributed by atoms with Crippen molar-refractivity contribution in [2.75, 3.05) is 0 Å². The maximum atomic E-state index is 11.7. The summed E-state index contributed by atoms with van der Waals surface area (Å²) in [7, 11) is 0. The highest BCUT2D eigenvalue weighted by atomic mass is 16.7. The first-order chi connectivity index (χ1) is 12.9. The second-order valence-corrected chi connectivity index (χ2v) is 7.48. The maximum absolute atomic E-state index is 11.7. The molecule has 0 amide bonds. The van der Waals surface area contributed by atoms with Crippen LogP contribution in [0, 0.1) is 0 Å². The summed E-state index contributed by atoms with van der Waals surface area (Å²) in [6.07, 6.45) is 14.7. The normalized spacial score (nSPS) is 10.7. The van der Waals surface area contributed by atoms with Gasteiger partial charge in [-0.25, -0.2) is 9.59 Å². The molecule has 27 heavy (non-hydrogen) atoms. The van der Waals surface area contributed by atoms with Gasteiger partial charge >= 0.3 is 11.9 Å². The zero-order valence-corrected chi connectivity index (χ0v) is 17.8. The molecule has 0 spiro atoms. The van der Waals surface area contributed by atoms with E-state index in [2.05, 4.69) is 20.1 Å². The molecule has 0 aromatic carbocycles. The van der Waals surface area contributed by atoms with Gasteiger partial charge in [-0.2, -0.15) is 0 Å². The summed E-state index contributed by atoms with van der Waals surface area (Å²) < 4.78 is 10.4. The number of hydrogen-bond donors (Lipinski definition) is 0. The first kappa shape index (κ1) is 25.4. The molecule has 0 bridgehead atoms. The van der Waals surface area contributed by atoms with Gasteiger partial charge < -0.3 is 9.47 Å². The van der Waals surface area contributed by atoms with Gasteiger partial charge in [-0.3, -0.25) is 0 Å². The van der Waals surface area contributed by atoms with Crippen molar-refractivity contribution < 1.29 is 19.1 Å². The van der Waals surface area contributed by atoms with E-state index in [-0.39, 0.29) is 0 Å². The molecule has 0 heterocycles. The number of hydrogen-bond acceptors (Lipinski definition) is 4. The van der Waals surface area contributed by atoms with Crippen LogP contribution in [-0.4, -0.2) is 18.2 Å². The molecule has 0 atom stereocenters. The van der Waals surface area contributed by atoms with Crippen LogP contribution in [0.15, 0.2) is 24.3 Å². The number of carbonyl (C=O) groups is 2. The summed E-state index contributed by atoms with van der Waals surface area (Å²) >= 11 is 0. The molecule has 0 unspecified atom stereocenters. The second kappa shape index (κ2) is 16.6. The average Bonchev–Trinajstić information content (AvgIpc) is 2.62. The number of rotatable bonds is 17. The molecule has 0 saturated carbocycles. The molecule has 0 radical (unpaired) electrons. The van der Waals surface area contributed by atoms with Crippen LogP contribution >= 0.6 is 0 Å². The molecular weight excluding hydrogens is 340 g/mol. The van der Waals surface area contributed by atoms with E-state index in [4.69, 9.17) is 9.47 Å². The lowest BCUT2D eigenvalue weighted by Crippen LogP contribution is -2.25. The Labute approximate surface area is 166 Å². The van der Waals surface area contributed by atoms with E-state index in [1.807, 2.05) is 0 Å². The highest BCUT2D eigenvalue weighted by Gasteiger charge is 2.19. The Bertz CT molecular complexity index is 425. The second-order valence-electron chi connectivity index (χ2n) is 7.48. The molecule has 0 saturated heterocycles. The fraction of sp³-hybridized carbons (Fsp3) is 0.739. The molecule has 0 aliphatic rings. The molecule has 4 heteroatoms. The Morgan fingerprint density at radius 3 is 1.33 bits per heavy atom. The van der Waals surface area contributed by atoms with E-state index < -0.39 is 18.2 Å². The van der Waals surface area contributed by atoms with Crippen molar-refractivity contribution in [1.29, 1.82) is 0 Å². The van der Waals surface area contributed by atoms with Gasteiger partial charge in [0.25, 0.3) is 0 Å². The lowest BCUT2D eigenvalue weighted by atomic mass is 10.0. The number of ether oxygens (including phenoxy) is 2. The Morgan fingerprint density at radius 2 is 1.00 bits per heavy atom. The maximum Gasteiger partial charge on any atom is 0.336 e. The third-order valence-corrected chi connectivity index (χ3v) is 4.47. The molecule has 0 aliphatic heterocycles. The highest BCUT2D eigenvalue weighted by Crippen LogP contribution is 2.15. The smallest absolute Gasteiger partial charge is 0.336 e. The topological polar surface area (TPSA) is 52.6 Å². The first-order valence-electron chi connectivity index (χ1n) is 10.6. The molecule has 0 N–H and O–H groups in total. The van der Waals surface area contributed by atoms with Crippen LogP contribution < -0.4 is 0 Å². The van der Waals surface area contributed by atoms with Crippen molar-refractivity contribution in [2.24, 2.45) is 0 Å². The van der Waals surface area contributed by atoms with E-state index in [1.165, 1.54) is 57.8 Å². The van der Waals surface area contributed by atoms with E-state index in [0.29, 0.717) is 17.6 Å².